The van der Waals surface area contributed by atoms with Crippen LogP contribution >= 0.6 is 25.3 Å². The van der Waals surface area contributed by atoms with Crippen molar-refractivity contribution in [3.63, 3.8) is 0 Å². The summed E-state index contributed by atoms with van der Waals surface area (Å²) in [4.78, 5) is 1.77. The fraction of sp³-hybridized carbons (Fsp3) is 0.0588. The third kappa shape index (κ3) is 1.46. The number of rotatable bonds is 0. The van der Waals surface area contributed by atoms with Crippen LogP contribution in [0.15, 0.2) is 40.1 Å². The van der Waals surface area contributed by atoms with Crippen molar-refractivity contribution in [2.45, 2.75) is 16.7 Å². The van der Waals surface area contributed by atoms with Gasteiger partial charge in [-0.3, -0.25) is 10.8 Å². The summed E-state index contributed by atoms with van der Waals surface area (Å²) < 4.78 is 0. The van der Waals surface area contributed by atoms with Crippen LogP contribution in [0.5, 0.6) is 0 Å². The minimum absolute atomic E-state index is 0.268. The first kappa shape index (κ1) is 12.9. The molecule has 4 heteroatoms. The molecule has 4 aromatic carbocycles. The van der Waals surface area contributed by atoms with Gasteiger partial charge in [0.1, 0.15) is 0 Å². The van der Waals surface area contributed by atoms with Crippen molar-refractivity contribution in [1.29, 1.82) is 10.8 Å². The Bertz CT molecular complexity index is 1150. The van der Waals surface area contributed by atoms with Gasteiger partial charge in [-0.25, -0.2) is 0 Å². The summed E-state index contributed by atoms with van der Waals surface area (Å²) in [5, 5.41) is 22.9. The number of thiol groups is 2. The molecule has 0 aliphatic rings. The van der Waals surface area contributed by atoms with E-state index >= 15 is 0 Å². The number of nitrogens with one attached hydrogen (secondary N) is 2. The van der Waals surface area contributed by atoms with Crippen LogP contribution in [0.2, 0.25) is 0 Å². The zero-order valence-electron chi connectivity index (χ0n) is 11.3. The fourth-order valence-corrected chi connectivity index (χ4v) is 3.97. The van der Waals surface area contributed by atoms with Crippen molar-refractivity contribution >= 4 is 57.6 Å². The second-order valence-corrected chi connectivity index (χ2v) is 6.26. The number of benzene rings is 4. The highest BCUT2D eigenvalue weighted by Crippen LogP contribution is 2.40. The van der Waals surface area contributed by atoms with Crippen molar-refractivity contribution in [3.05, 3.63) is 46.6 Å². The van der Waals surface area contributed by atoms with Gasteiger partial charge in [0.15, 0.2) is 0 Å². The second kappa shape index (κ2) is 4.12. The molecule has 102 valence electrons. The molecule has 0 atom stereocenters. The van der Waals surface area contributed by atoms with Crippen LogP contribution in [0.3, 0.4) is 0 Å². The molecule has 2 N–H and O–H groups in total. The average molecular weight is 308 g/mol. The van der Waals surface area contributed by atoms with E-state index in [1.165, 1.54) is 0 Å². The van der Waals surface area contributed by atoms with Crippen LogP contribution in [-0.2, 0) is 0 Å². The first-order valence-electron chi connectivity index (χ1n) is 6.60. The standard InChI is InChI=1S/C17H12N2S2/c1-7-8-3-2-4-9-12(8)13-10(16(19)15(9)18)5-6-11(20)14(13)17(7)21/h2-6,18-21H,1H3. The van der Waals surface area contributed by atoms with E-state index in [0.717, 1.165) is 47.7 Å². The second-order valence-electron chi connectivity index (χ2n) is 5.33. The van der Waals surface area contributed by atoms with E-state index < -0.39 is 0 Å². The Morgan fingerprint density at radius 3 is 2.10 bits per heavy atom. The van der Waals surface area contributed by atoms with Gasteiger partial charge in [-0.05, 0) is 23.9 Å². The van der Waals surface area contributed by atoms with Crippen molar-refractivity contribution in [3.8, 4) is 0 Å². The molecule has 0 aliphatic carbocycles. The maximum atomic E-state index is 8.29. The Hall–Kier alpha value is -1.78. The molecular formula is C17H12N2S2. The quantitative estimate of drug-likeness (QED) is 0.282. The van der Waals surface area contributed by atoms with E-state index in [-0.39, 0.29) is 10.7 Å². The summed E-state index contributed by atoms with van der Waals surface area (Å²) in [6.45, 7) is 2.05. The zero-order valence-corrected chi connectivity index (χ0v) is 13.1. The minimum atomic E-state index is 0.268. The molecule has 21 heavy (non-hydrogen) atoms. The fourth-order valence-electron chi connectivity index (χ4n) is 3.23. The Kier molecular flexibility index (Phi) is 2.53. The van der Waals surface area contributed by atoms with Crippen LogP contribution in [0.1, 0.15) is 5.56 Å². The van der Waals surface area contributed by atoms with Gasteiger partial charge in [0.25, 0.3) is 0 Å². The molecule has 0 aromatic heterocycles. The van der Waals surface area contributed by atoms with Crippen LogP contribution < -0.4 is 10.7 Å². The van der Waals surface area contributed by atoms with Crippen LogP contribution in [-0.4, -0.2) is 0 Å². The summed E-state index contributed by atoms with van der Waals surface area (Å²) in [6.07, 6.45) is 0. The molecule has 0 bridgehead atoms. The summed E-state index contributed by atoms with van der Waals surface area (Å²) in [6, 6.07) is 9.71. The normalized spacial score (nSPS) is 12.0. The highest BCUT2D eigenvalue weighted by Gasteiger charge is 2.17. The number of hydrogen-bond donors (Lipinski definition) is 4. The van der Waals surface area contributed by atoms with Gasteiger partial charge in [-0.1, -0.05) is 24.3 Å². The molecule has 0 unspecified atom stereocenters. The lowest BCUT2D eigenvalue weighted by atomic mass is 9.91. The maximum absolute atomic E-state index is 8.29. The molecule has 0 saturated heterocycles. The Balaban J connectivity index is 2.62. The largest absolute Gasteiger partial charge is 0.298 e. The summed E-state index contributed by atoms with van der Waals surface area (Å²) in [5.74, 6) is 0. The molecule has 0 radical (unpaired) electrons. The molecule has 0 aliphatic heterocycles. The third-order valence-corrected chi connectivity index (χ3v) is 5.21. The van der Waals surface area contributed by atoms with Crippen molar-refractivity contribution < 1.29 is 0 Å². The smallest absolute Gasteiger partial charge is 0.0874 e. The van der Waals surface area contributed by atoms with E-state index in [1.54, 1.807) is 0 Å². The van der Waals surface area contributed by atoms with Crippen molar-refractivity contribution in [2.24, 2.45) is 0 Å². The predicted octanol–water partition coefficient (Wildman–Crippen LogP) is 3.87. The lowest BCUT2D eigenvalue weighted by molar-refractivity contribution is 1.18. The Morgan fingerprint density at radius 2 is 1.38 bits per heavy atom. The molecule has 4 rings (SSSR count). The van der Waals surface area contributed by atoms with E-state index in [9.17, 15) is 0 Å². The molecule has 0 amide bonds. The van der Waals surface area contributed by atoms with Gasteiger partial charge in [-0.15, -0.1) is 25.3 Å². The van der Waals surface area contributed by atoms with Crippen LogP contribution in [0, 0.1) is 17.7 Å². The molecule has 4 aromatic rings. The first-order valence-corrected chi connectivity index (χ1v) is 7.50. The van der Waals surface area contributed by atoms with Gasteiger partial charge in [0, 0.05) is 36.7 Å². The maximum Gasteiger partial charge on any atom is 0.0874 e. The molecule has 0 saturated carbocycles. The topological polar surface area (TPSA) is 47.7 Å². The third-order valence-electron chi connectivity index (χ3n) is 4.28. The summed E-state index contributed by atoms with van der Waals surface area (Å²) in [5.41, 5.74) is 1.09. The van der Waals surface area contributed by atoms with E-state index in [1.807, 2.05) is 31.2 Å². The SMILES string of the molecule is Cc1c(S)c2c(S)ccc3c(=N)c(=N)c4cccc1c4c23. The summed E-state index contributed by atoms with van der Waals surface area (Å²) in [7, 11) is 0. The van der Waals surface area contributed by atoms with Crippen molar-refractivity contribution in [1.82, 2.24) is 0 Å². The van der Waals surface area contributed by atoms with E-state index in [2.05, 4.69) is 18.7 Å². The molecule has 0 spiro atoms. The molecular weight excluding hydrogens is 296 g/mol. The van der Waals surface area contributed by atoms with E-state index in [0.29, 0.717) is 0 Å². The first-order chi connectivity index (χ1) is 10.0. The van der Waals surface area contributed by atoms with Gasteiger partial charge < -0.3 is 0 Å². The lowest BCUT2D eigenvalue weighted by Gasteiger charge is -2.16. The highest BCUT2D eigenvalue weighted by atomic mass is 32.1. The van der Waals surface area contributed by atoms with E-state index in [4.69, 9.17) is 23.4 Å². The molecule has 0 fully saturated rings. The average Bonchev–Trinajstić information content (AvgIpc) is 2.49. The summed E-state index contributed by atoms with van der Waals surface area (Å²) >= 11 is 9.27. The lowest BCUT2D eigenvalue weighted by Crippen LogP contribution is -2.24. The molecule has 2 nitrogen and oxygen atoms in total. The Labute approximate surface area is 132 Å². The van der Waals surface area contributed by atoms with Gasteiger partial charge in [0.05, 0.1) is 10.7 Å². The van der Waals surface area contributed by atoms with Gasteiger partial charge in [0.2, 0.25) is 0 Å². The van der Waals surface area contributed by atoms with Crippen molar-refractivity contribution in [2.75, 3.05) is 0 Å². The minimum Gasteiger partial charge on any atom is -0.298 e. The van der Waals surface area contributed by atoms with Crippen LogP contribution in [0.25, 0.3) is 32.3 Å². The number of aryl methyl sites for hydroxylation is 1. The molecule has 0 heterocycles. The van der Waals surface area contributed by atoms with Gasteiger partial charge >= 0.3 is 0 Å². The highest BCUT2D eigenvalue weighted by molar-refractivity contribution is 7.81. The van der Waals surface area contributed by atoms with Gasteiger partial charge in [-0.2, -0.15) is 0 Å². The monoisotopic (exact) mass is 308 g/mol. The van der Waals surface area contributed by atoms with Crippen LogP contribution in [0.4, 0.5) is 0 Å². The number of hydrogen-bond acceptors (Lipinski definition) is 4. The Morgan fingerprint density at radius 1 is 0.762 bits per heavy atom. The zero-order chi connectivity index (χ0) is 14.9. The predicted molar refractivity (Wildman–Crippen MR) is 92.3 cm³/mol.